The minimum Gasteiger partial charge on any atom is -0.392 e. The van der Waals surface area contributed by atoms with Crippen LogP contribution in [0.4, 0.5) is 0 Å². The Hall–Kier alpha value is -0.870. The average Bonchev–Trinajstić information content (AvgIpc) is 2.68. The lowest BCUT2D eigenvalue weighted by atomic mass is 10.2. The molecule has 1 heterocycles. The zero-order valence-corrected chi connectivity index (χ0v) is 10.5. The Labute approximate surface area is 97.9 Å². The molecular formula is C12H23N3O. The van der Waals surface area contributed by atoms with E-state index in [1.807, 2.05) is 19.4 Å². The van der Waals surface area contributed by atoms with Gasteiger partial charge in [-0.15, -0.1) is 0 Å². The Kier molecular flexibility index (Phi) is 5.49. The van der Waals surface area contributed by atoms with Crippen LogP contribution < -0.4 is 0 Å². The Balaban J connectivity index is 2.27. The number of aromatic nitrogens is 2. The molecule has 0 saturated carbocycles. The number of aryl methyl sites for hydroxylation is 1. The number of aliphatic hydroxyl groups is 1. The fourth-order valence-electron chi connectivity index (χ4n) is 1.78. The lowest BCUT2D eigenvalue weighted by Gasteiger charge is -2.27. The Morgan fingerprint density at radius 1 is 1.38 bits per heavy atom. The van der Waals surface area contributed by atoms with Crippen LogP contribution in [0.5, 0.6) is 0 Å². The van der Waals surface area contributed by atoms with Crippen molar-refractivity contribution in [3.63, 3.8) is 0 Å². The van der Waals surface area contributed by atoms with E-state index in [0.29, 0.717) is 6.04 Å². The third-order valence-corrected chi connectivity index (χ3v) is 2.65. The maximum atomic E-state index is 9.40. The highest BCUT2D eigenvalue weighted by Crippen LogP contribution is 2.02. The minimum absolute atomic E-state index is 0.254. The van der Waals surface area contributed by atoms with E-state index in [1.54, 1.807) is 6.20 Å². The highest BCUT2D eigenvalue weighted by Gasteiger charge is 2.11. The van der Waals surface area contributed by atoms with Gasteiger partial charge < -0.3 is 9.67 Å². The SMILES string of the molecule is CC(O)CN(CCCn1ccnc1)C(C)C. The molecule has 92 valence electrons. The Bertz CT molecular complexity index is 270. The standard InChI is InChI=1S/C12H23N3O/c1-11(2)15(9-12(3)16)7-4-6-14-8-5-13-10-14/h5,8,10-12,16H,4,6-7,9H2,1-3H3. The van der Waals surface area contributed by atoms with Gasteiger partial charge in [-0.05, 0) is 27.2 Å². The van der Waals surface area contributed by atoms with Crippen LogP contribution >= 0.6 is 0 Å². The summed E-state index contributed by atoms with van der Waals surface area (Å²) in [7, 11) is 0. The zero-order valence-electron chi connectivity index (χ0n) is 10.5. The molecule has 4 nitrogen and oxygen atoms in total. The van der Waals surface area contributed by atoms with Gasteiger partial charge in [0.2, 0.25) is 0 Å². The van der Waals surface area contributed by atoms with Crippen LogP contribution in [0.25, 0.3) is 0 Å². The van der Waals surface area contributed by atoms with Crippen molar-refractivity contribution >= 4 is 0 Å². The number of imidazole rings is 1. The molecule has 1 unspecified atom stereocenters. The third kappa shape index (κ3) is 4.77. The van der Waals surface area contributed by atoms with Crippen molar-refractivity contribution in [3.8, 4) is 0 Å². The summed E-state index contributed by atoms with van der Waals surface area (Å²) in [4.78, 5) is 6.32. The summed E-state index contributed by atoms with van der Waals surface area (Å²) in [5.41, 5.74) is 0. The van der Waals surface area contributed by atoms with Crippen molar-refractivity contribution in [2.45, 2.75) is 45.9 Å². The first kappa shape index (κ1) is 13.2. The van der Waals surface area contributed by atoms with Gasteiger partial charge in [0.15, 0.2) is 0 Å². The molecule has 0 aliphatic heterocycles. The number of hydrogen-bond acceptors (Lipinski definition) is 3. The fraction of sp³-hybridized carbons (Fsp3) is 0.750. The summed E-state index contributed by atoms with van der Waals surface area (Å²) >= 11 is 0. The van der Waals surface area contributed by atoms with Crippen LogP contribution in [0.3, 0.4) is 0 Å². The second kappa shape index (κ2) is 6.66. The summed E-state index contributed by atoms with van der Waals surface area (Å²) in [6.07, 6.45) is 6.45. The molecular weight excluding hydrogens is 202 g/mol. The quantitative estimate of drug-likeness (QED) is 0.762. The molecule has 0 radical (unpaired) electrons. The van der Waals surface area contributed by atoms with Crippen LogP contribution in [0.15, 0.2) is 18.7 Å². The first-order chi connectivity index (χ1) is 7.59. The molecule has 0 aromatic carbocycles. The van der Waals surface area contributed by atoms with Crippen molar-refractivity contribution in [1.29, 1.82) is 0 Å². The van der Waals surface area contributed by atoms with Gasteiger partial charge in [-0.25, -0.2) is 4.98 Å². The van der Waals surface area contributed by atoms with Crippen LogP contribution in [0.1, 0.15) is 27.2 Å². The summed E-state index contributed by atoms with van der Waals surface area (Å²) in [5, 5.41) is 9.40. The van der Waals surface area contributed by atoms with Gasteiger partial charge in [0, 0.05) is 38.1 Å². The van der Waals surface area contributed by atoms with E-state index < -0.39 is 0 Å². The summed E-state index contributed by atoms with van der Waals surface area (Å²) in [5.74, 6) is 0. The lowest BCUT2D eigenvalue weighted by molar-refractivity contribution is 0.106. The van der Waals surface area contributed by atoms with Gasteiger partial charge in [-0.3, -0.25) is 4.90 Å². The van der Waals surface area contributed by atoms with Crippen molar-refractivity contribution in [1.82, 2.24) is 14.5 Å². The van der Waals surface area contributed by atoms with E-state index in [-0.39, 0.29) is 6.10 Å². The van der Waals surface area contributed by atoms with E-state index in [2.05, 4.69) is 28.3 Å². The van der Waals surface area contributed by atoms with E-state index in [1.165, 1.54) is 0 Å². The number of hydrogen-bond donors (Lipinski definition) is 1. The third-order valence-electron chi connectivity index (χ3n) is 2.65. The molecule has 16 heavy (non-hydrogen) atoms. The predicted molar refractivity (Wildman–Crippen MR) is 65.2 cm³/mol. The summed E-state index contributed by atoms with van der Waals surface area (Å²) < 4.78 is 2.08. The highest BCUT2D eigenvalue weighted by atomic mass is 16.3. The molecule has 0 bridgehead atoms. The van der Waals surface area contributed by atoms with Crippen molar-refractivity contribution in [3.05, 3.63) is 18.7 Å². The smallest absolute Gasteiger partial charge is 0.0945 e. The van der Waals surface area contributed by atoms with E-state index >= 15 is 0 Å². The molecule has 0 aliphatic carbocycles. The second-order valence-electron chi connectivity index (χ2n) is 4.59. The molecule has 0 spiro atoms. The van der Waals surface area contributed by atoms with Crippen molar-refractivity contribution in [2.24, 2.45) is 0 Å². The second-order valence-corrected chi connectivity index (χ2v) is 4.59. The molecule has 4 heteroatoms. The van der Waals surface area contributed by atoms with Gasteiger partial charge in [0.1, 0.15) is 0 Å². The Morgan fingerprint density at radius 3 is 2.62 bits per heavy atom. The summed E-state index contributed by atoms with van der Waals surface area (Å²) in [6, 6.07) is 0.484. The van der Waals surface area contributed by atoms with Gasteiger partial charge in [-0.1, -0.05) is 0 Å². The van der Waals surface area contributed by atoms with Crippen LogP contribution in [-0.4, -0.2) is 44.8 Å². The minimum atomic E-state index is -0.254. The number of aliphatic hydroxyl groups excluding tert-OH is 1. The maximum Gasteiger partial charge on any atom is 0.0945 e. The van der Waals surface area contributed by atoms with Gasteiger partial charge in [0.25, 0.3) is 0 Å². The molecule has 1 N–H and O–H groups in total. The van der Waals surface area contributed by atoms with Crippen LogP contribution in [-0.2, 0) is 6.54 Å². The Morgan fingerprint density at radius 2 is 2.12 bits per heavy atom. The molecule has 1 aromatic heterocycles. The molecule has 0 aliphatic rings. The first-order valence-corrected chi connectivity index (χ1v) is 5.97. The number of rotatable bonds is 7. The predicted octanol–water partition coefficient (Wildman–Crippen LogP) is 1.36. The molecule has 0 fully saturated rings. The monoisotopic (exact) mass is 225 g/mol. The topological polar surface area (TPSA) is 41.3 Å². The lowest BCUT2D eigenvalue weighted by Crippen LogP contribution is -2.37. The van der Waals surface area contributed by atoms with E-state index in [9.17, 15) is 5.11 Å². The molecule has 1 rings (SSSR count). The van der Waals surface area contributed by atoms with Crippen molar-refractivity contribution < 1.29 is 5.11 Å². The highest BCUT2D eigenvalue weighted by molar-refractivity contribution is 4.74. The largest absolute Gasteiger partial charge is 0.392 e. The first-order valence-electron chi connectivity index (χ1n) is 5.97. The zero-order chi connectivity index (χ0) is 12.0. The normalized spacial score (nSPS) is 13.6. The van der Waals surface area contributed by atoms with Gasteiger partial charge >= 0.3 is 0 Å². The van der Waals surface area contributed by atoms with E-state index in [4.69, 9.17) is 0 Å². The molecule has 1 aromatic rings. The van der Waals surface area contributed by atoms with E-state index in [0.717, 1.165) is 26.1 Å². The van der Waals surface area contributed by atoms with Crippen LogP contribution in [0, 0.1) is 0 Å². The van der Waals surface area contributed by atoms with Crippen molar-refractivity contribution in [2.75, 3.05) is 13.1 Å². The van der Waals surface area contributed by atoms with Gasteiger partial charge in [-0.2, -0.15) is 0 Å². The summed E-state index contributed by atoms with van der Waals surface area (Å²) in [6.45, 7) is 8.93. The number of nitrogens with zero attached hydrogens (tertiary/aromatic N) is 3. The average molecular weight is 225 g/mol. The fourth-order valence-corrected chi connectivity index (χ4v) is 1.78. The van der Waals surface area contributed by atoms with Gasteiger partial charge in [0.05, 0.1) is 12.4 Å². The molecule has 0 amide bonds. The van der Waals surface area contributed by atoms with Crippen LogP contribution in [0.2, 0.25) is 0 Å². The molecule has 0 saturated heterocycles. The maximum absolute atomic E-state index is 9.40. The molecule has 1 atom stereocenters.